The summed E-state index contributed by atoms with van der Waals surface area (Å²) in [5, 5.41) is 18.2. The number of aldehydes is 1. The van der Waals surface area contributed by atoms with Gasteiger partial charge >= 0.3 is 5.97 Å². The fraction of sp³-hybridized carbons (Fsp3) is 0.433. The van der Waals surface area contributed by atoms with E-state index in [0.717, 1.165) is 24.3 Å². The Bertz CT molecular complexity index is 1260. The lowest BCUT2D eigenvalue weighted by Gasteiger charge is -2.32. The van der Waals surface area contributed by atoms with E-state index in [9.17, 15) is 24.0 Å². The predicted molar refractivity (Wildman–Crippen MR) is 157 cm³/mol. The number of benzene rings is 1. The standard InChI is InChI=1S/C30H40N4O9/c1-5-8-9-10-23(24(6-2)34(19-36)43-20(4)31-7-3)29(39)32-18-33-30(40)26-14-13-25(42-26)21-11-12-22(16-35)27(15-21)41-17-28(37)38/h11-16,19,23-24,31H,4-10,17-18H2,1-3H3,(H,32,39)(H,33,40)(H,37,38). The zero-order valence-corrected chi connectivity index (χ0v) is 24.7. The van der Waals surface area contributed by atoms with E-state index < -0.39 is 30.4 Å². The maximum absolute atomic E-state index is 13.3. The topological polar surface area (TPSA) is 177 Å². The van der Waals surface area contributed by atoms with Gasteiger partial charge in [0, 0.05) is 12.1 Å². The Balaban J connectivity index is 2.08. The van der Waals surface area contributed by atoms with E-state index in [1.165, 1.54) is 24.3 Å². The number of carbonyl (C=O) groups is 5. The van der Waals surface area contributed by atoms with Gasteiger partial charge in [-0.25, -0.2) is 4.79 Å². The van der Waals surface area contributed by atoms with Crippen LogP contribution in [0.2, 0.25) is 0 Å². The summed E-state index contributed by atoms with van der Waals surface area (Å²) < 4.78 is 10.8. The number of rotatable bonds is 21. The molecule has 2 atom stereocenters. The van der Waals surface area contributed by atoms with Crippen LogP contribution in [0.15, 0.2) is 47.2 Å². The Morgan fingerprint density at radius 3 is 2.47 bits per heavy atom. The first-order chi connectivity index (χ1) is 20.7. The highest BCUT2D eigenvalue weighted by molar-refractivity contribution is 5.92. The molecule has 0 radical (unpaired) electrons. The van der Waals surface area contributed by atoms with Gasteiger partial charge in [0.2, 0.25) is 18.2 Å². The molecule has 0 bridgehead atoms. The molecule has 0 spiro atoms. The Hall–Kier alpha value is -4.81. The van der Waals surface area contributed by atoms with Crippen molar-refractivity contribution < 1.29 is 43.1 Å². The fourth-order valence-electron chi connectivity index (χ4n) is 4.37. The van der Waals surface area contributed by atoms with Crippen molar-refractivity contribution in [3.05, 3.63) is 54.1 Å². The van der Waals surface area contributed by atoms with Gasteiger partial charge in [-0.2, -0.15) is 5.06 Å². The highest BCUT2D eigenvalue weighted by Crippen LogP contribution is 2.28. The van der Waals surface area contributed by atoms with Crippen molar-refractivity contribution >= 4 is 30.5 Å². The number of carboxylic acids is 1. The molecular weight excluding hydrogens is 560 g/mol. The molecule has 0 saturated heterocycles. The van der Waals surface area contributed by atoms with Crippen LogP contribution in [0.25, 0.3) is 11.3 Å². The third-order valence-electron chi connectivity index (χ3n) is 6.48. The van der Waals surface area contributed by atoms with Gasteiger partial charge in [-0.1, -0.05) is 39.2 Å². The summed E-state index contributed by atoms with van der Waals surface area (Å²) in [6.45, 7) is 9.23. The van der Waals surface area contributed by atoms with Gasteiger partial charge in [0.1, 0.15) is 11.5 Å². The van der Waals surface area contributed by atoms with E-state index in [1.807, 2.05) is 13.8 Å². The lowest BCUT2D eigenvalue weighted by atomic mass is 9.90. The van der Waals surface area contributed by atoms with E-state index in [0.29, 0.717) is 37.6 Å². The highest BCUT2D eigenvalue weighted by atomic mass is 16.7. The van der Waals surface area contributed by atoms with Crippen molar-refractivity contribution in [2.45, 2.75) is 58.9 Å². The van der Waals surface area contributed by atoms with Gasteiger partial charge in [-0.05, 0) is 50.6 Å². The molecule has 4 N–H and O–H groups in total. The van der Waals surface area contributed by atoms with Gasteiger partial charge in [0.05, 0.1) is 24.2 Å². The van der Waals surface area contributed by atoms with E-state index in [-0.39, 0.29) is 41.3 Å². The molecule has 1 aromatic heterocycles. The van der Waals surface area contributed by atoms with Crippen LogP contribution in [-0.4, -0.2) is 66.5 Å². The lowest BCUT2D eigenvalue weighted by molar-refractivity contribution is -0.179. The van der Waals surface area contributed by atoms with Crippen LogP contribution in [0.4, 0.5) is 0 Å². The molecule has 234 valence electrons. The molecule has 1 aromatic carbocycles. The first-order valence-corrected chi connectivity index (χ1v) is 14.1. The second-order valence-corrected chi connectivity index (χ2v) is 9.53. The number of unbranched alkanes of at least 4 members (excludes halogenated alkanes) is 2. The third-order valence-corrected chi connectivity index (χ3v) is 6.48. The van der Waals surface area contributed by atoms with E-state index in [2.05, 4.69) is 29.5 Å². The SMILES string of the molecule is C=C(NCC)ON(C=O)C(CC)C(CCCCC)C(=O)NCNC(=O)c1ccc(-c2ccc(C=O)c(OCC(=O)O)c2)o1. The molecule has 2 aromatic rings. The average Bonchev–Trinajstić information content (AvgIpc) is 3.49. The van der Waals surface area contributed by atoms with Crippen molar-refractivity contribution in [2.24, 2.45) is 5.92 Å². The number of nitrogens with zero attached hydrogens (tertiary/aromatic N) is 1. The second kappa shape index (κ2) is 17.9. The Kier molecular flexibility index (Phi) is 14.3. The van der Waals surface area contributed by atoms with Crippen LogP contribution in [0.1, 0.15) is 73.8 Å². The van der Waals surface area contributed by atoms with Crippen LogP contribution in [-0.2, 0) is 19.2 Å². The third kappa shape index (κ3) is 10.5. The Labute approximate surface area is 250 Å². The first-order valence-electron chi connectivity index (χ1n) is 14.1. The molecule has 13 nitrogen and oxygen atoms in total. The number of hydrogen-bond acceptors (Lipinski definition) is 9. The quantitative estimate of drug-likeness (QED) is 0.0545. The molecule has 43 heavy (non-hydrogen) atoms. The second-order valence-electron chi connectivity index (χ2n) is 9.53. The Morgan fingerprint density at radius 2 is 1.84 bits per heavy atom. The zero-order valence-electron chi connectivity index (χ0n) is 24.7. The van der Waals surface area contributed by atoms with Crippen LogP contribution in [0.3, 0.4) is 0 Å². The van der Waals surface area contributed by atoms with E-state index >= 15 is 0 Å². The van der Waals surface area contributed by atoms with Crippen LogP contribution < -0.4 is 20.7 Å². The summed E-state index contributed by atoms with van der Waals surface area (Å²) >= 11 is 0. The molecule has 0 aliphatic heterocycles. The molecule has 0 aliphatic carbocycles. The number of furan rings is 1. The summed E-state index contributed by atoms with van der Waals surface area (Å²) in [7, 11) is 0. The molecule has 2 unspecified atom stereocenters. The minimum atomic E-state index is -1.20. The van der Waals surface area contributed by atoms with Crippen molar-refractivity contribution in [3.63, 3.8) is 0 Å². The largest absolute Gasteiger partial charge is 0.481 e. The highest BCUT2D eigenvalue weighted by Gasteiger charge is 2.32. The minimum absolute atomic E-state index is 0.0369. The number of aliphatic carboxylic acids is 1. The van der Waals surface area contributed by atoms with Crippen molar-refractivity contribution in [2.75, 3.05) is 19.8 Å². The van der Waals surface area contributed by atoms with E-state index in [4.69, 9.17) is 19.1 Å². The number of carboxylic acid groups (broad SMARTS) is 1. The molecule has 3 amide bonds. The number of hydroxylamine groups is 2. The van der Waals surface area contributed by atoms with E-state index in [1.54, 1.807) is 6.07 Å². The number of ether oxygens (including phenoxy) is 1. The molecule has 0 saturated carbocycles. The van der Waals surface area contributed by atoms with Crippen LogP contribution in [0.5, 0.6) is 5.75 Å². The first kappa shape index (κ1) is 34.4. The summed E-state index contributed by atoms with van der Waals surface area (Å²) in [5.74, 6) is -2.25. The molecule has 1 heterocycles. The van der Waals surface area contributed by atoms with Gasteiger partial charge in [-0.3, -0.25) is 19.2 Å². The van der Waals surface area contributed by atoms with Crippen molar-refractivity contribution in [1.29, 1.82) is 0 Å². The number of hydrogen-bond donors (Lipinski definition) is 4. The number of nitrogens with one attached hydrogen (secondary N) is 3. The maximum Gasteiger partial charge on any atom is 0.341 e. The summed E-state index contributed by atoms with van der Waals surface area (Å²) in [6, 6.07) is 6.87. The van der Waals surface area contributed by atoms with Gasteiger partial charge in [0.15, 0.2) is 18.7 Å². The fourth-order valence-corrected chi connectivity index (χ4v) is 4.37. The lowest BCUT2D eigenvalue weighted by Crippen LogP contribution is -2.48. The Morgan fingerprint density at radius 1 is 1.07 bits per heavy atom. The normalized spacial score (nSPS) is 11.9. The molecule has 13 heteroatoms. The average molecular weight is 601 g/mol. The van der Waals surface area contributed by atoms with Crippen molar-refractivity contribution in [3.8, 4) is 17.1 Å². The molecule has 0 aliphatic rings. The summed E-state index contributed by atoms with van der Waals surface area (Å²) in [5.41, 5.74) is 0.617. The zero-order chi connectivity index (χ0) is 31.8. The number of amides is 3. The smallest absolute Gasteiger partial charge is 0.341 e. The van der Waals surface area contributed by atoms with Crippen LogP contribution in [0, 0.1) is 5.92 Å². The van der Waals surface area contributed by atoms with Crippen molar-refractivity contribution in [1.82, 2.24) is 21.0 Å². The van der Waals surface area contributed by atoms with Gasteiger partial charge < -0.3 is 35.0 Å². The molecule has 0 fully saturated rings. The molecular formula is C30H40N4O9. The van der Waals surface area contributed by atoms with Gasteiger partial charge in [0.25, 0.3) is 5.91 Å². The van der Waals surface area contributed by atoms with Gasteiger partial charge in [-0.15, -0.1) is 0 Å². The molecule has 2 rings (SSSR count). The predicted octanol–water partition coefficient (Wildman–Crippen LogP) is 3.47. The van der Waals surface area contributed by atoms with Crippen LogP contribution >= 0.6 is 0 Å². The summed E-state index contributed by atoms with van der Waals surface area (Å²) in [6.07, 6.45) is 4.66. The minimum Gasteiger partial charge on any atom is -0.481 e. The maximum atomic E-state index is 13.3. The summed E-state index contributed by atoms with van der Waals surface area (Å²) in [4.78, 5) is 65.6. The monoisotopic (exact) mass is 600 g/mol. The number of carbonyl (C=O) groups excluding carboxylic acids is 4.